The zero-order chi connectivity index (χ0) is 11.5. The Hall–Kier alpha value is -1.51. The van der Waals surface area contributed by atoms with Crippen molar-refractivity contribution in [3.63, 3.8) is 0 Å². The predicted octanol–water partition coefficient (Wildman–Crippen LogP) is 2.48. The molecular weight excluding hydrogens is 200 g/mol. The van der Waals surface area contributed by atoms with E-state index in [1.54, 1.807) is 0 Å². The van der Waals surface area contributed by atoms with Crippen molar-refractivity contribution >= 4 is 17.3 Å². The molecule has 0 aliphatic carbocycles. The number of carbonyl (C=O) groups excluding carboxylic acids is 1. The summed E-state index contributed by atoms with van der Waals surface area (Å²) in [5.74, 6) is 0.238. The van der Waals surface area contributed by atoms with Crippen molar-refractivity contribution in [1.29, 1.82) is 0 Å². The molecule has 1 aromatic carbocycles. The number of anilines is 2. The van der Waals surface area contributed by atoms with E-state index >= 15 is 0 Å². The molecule has 0 bridgehead atoms. The van der Waals surface area contributed by atoms with Gasteiger partial charge in [0, 0.05) is 24.3 Å². The second-order valence-corrected chi connectivity index (χ2v) is 4.40. The van der Waals surface area contributed by atoms with Gasteiger partial charge in [0.25, 0.3) is 0 Å². The molecule has 1 aromatic rings. The Bertz CT molecular complexity index is 401. The van der Waals surface area contributed by atoms with Crippen molar-refractivity contribution in [3.05, 3.63) is 23.8 Å². The standard InChI is InChI=1S/C13H18N2O/c1-10-9-11(6-7-12(10)14)15-8-4-2-3-5-13(15)16/h6-7,9H,2-5,8,14H2,1H3. The van der Waals surface area contributed by atoms with Gasteiger partial charge in [0.15, 0.2) is 0 Å². The lowest BCUT2D eigenvalue weighted by molar-refractivity contribution is -0.118. The van der Waals surface area contributed by atoms with Gasteiger partial charge in [-0.05, 0) is 43.5 Å². The number of nitrogen functional groups attached to an aromatic ring is 1. The molecule has 1 aliphatic heterocycles. The normalized spacial score (nSPS) is 17.3. The van der Waals surface area contributed by atoms with Gasteiger partial charge >= 0.3 is 0 Å². The first-order valence-electron chi connectivity index (χ1n) is 5.85. The van der Waals surface area contributed by atoms with Crippen molar-refractivity contribution in [1.82, 2.24) is 0 Å². The average Bonchev–Trinajstić information content (AvgIpc) is 2.47. The second-order valence-electron chi connectivity index (χ2n) is 4.40. The molecule has 2 rings (SSSR count). The number of nitrogens with two attached hydrogens (primary N) is 1. The third-order valence-electron chi connectivity index (χ3n) is 3.14. The largest absolute Gasteiger partial charge is 0.399 e. The molecule has 0 aromatic heterocycles. The number of amides is 1. The van der Waals surface area contributed by atoms with Crippen LogP contribution in [0.25, 0.3) is 0 Å². The van der Waals surface area contributed by atoms with Crippen LogP contribution in [0, 0.1) is 6.92 Å². The quantitative estimate of drug-likeness (QED) is 0.736. The molecule has 3 heteroatoms. The molecule has 2 N–H and O–H groups in total. The first kappa shape index (κ1) is 11.0. The van der Waals surface area contributed by atoms with Gasteiger partial charge in [0.2, 0.25) is 5.91 Å². The van der Waals surface area contributed by atoms with Crippen LogP contribution in [-0.2, 0) is 4.79 Å². The van der Waals surface area contributed by atoms with Crippen molar-refractivity contribution in [2.45, 2.75) is 32.6 Å². The molecule has 0 radical (unpaired) electrons. The SMILES string of the molecule is Cc1cc(N2CCCCCC2=O)ccc1N. The van der Waals surface area contributed by atoms with Crippen LogP contribution in [0.5, 0.6) is 0 Å². The van der Waals surface area contributed by atoms with Crippen LogP contribution in [0.2, 0.25) is 0 Å². The summed E-state index contributed by atoms with van der Waals surface area (Å²) in [6, 6.07) is 5.81. The summed E-state index contributed by atoms with van der Waals surface area (Å²) in [6.45, 7) is 2.81. The second kappa shape index (κ2) is 4.56. The van der Waals surface area contributed by atoms with E-state index in [2.05, 4.69) is 0 Å². The van der Waals surface area contributed by atoms with Crippen LogP contribution < -0.4 is 10.6 Å². The Morgan fingerprint density at radius 2 is 2.06 bits per heavy atom. The Kier molecular flexibility index (Phi) is 3.13. The van der Waals surface area contributed by atoms with E-state index in [1.165, 1.54) is 0 Å². The fraction of sp³-hybridized carbons (Fsp3) is 0.462. The van der Waals surface area contributed by atoms with Crippen LogP contribution in [-0.4, -0.2) is 12.5 Å². The van der Waals surface area contributed by atoms with Crippen LogP contribution in [0.4, 0.5) is 11.4 Å². The third kappa shape index (κ3) is 2.18. The van der Waals surface area contributed by atoms with E-state index in [1.807, 2.05) is 30.0 Å². The smallest absolute Gasteiger partial charge is 0.226 e. The summed E-state index contributed by atoms with van der Waals surface area (Å²) in [5, 5.41) is 0. The summed E-state index contributed by atoms with van der Waals surface area (Å²) in [6.07, 6.45) is 3.93. The maximum Gasteiger partial charge on any atom is 0.226 e. The van der Waals surface area contributed by atoms with Crippen LogP contribution in [0.3, 0.4) is 0 Å². The zero-order valence-electron chi connectivity index (χ0n) is 9.70. The molecule has 0 unspecified atom stereocenters. The summed E-state index contributed by atoms with van der Waals surface area (Å²) >= 11 is 0. The van der Waals surface area contributed by atoms with Crippen LogP contribution in [0.15, 0.2) is 18.2 Å². The third-order valence-corrected chi connectivity index (χ3v) is 3.14. The lowest BCUT2D eigenvalue weighted by atomic mass is 10.1. The number of hydrogen-bond donors (Lipinski definition) is 1. The van der Waals surface area contributed by atoms with Gasteiger partial charge < -0.3 is 10.6 Å². The molecule has 16 heavy (non-hydrogen) atoms. The van der Waals surface area contributed by atoms with Crippen LogP contribution in [0.1, 0.15) is 31.2 Å². The summed E-state index contributed by atoms with van der Waals surface area (Å²) in [5.41, 5.74) is 8.59. The van der Waals surface area contributed by atoms with Gasteiger partial charge in [-0.15, -0.1) is 0 Å². The molecule has 0 saturated carbocycles. The molecule has 1 aliphatic rings. The highest BCUT2D eigenvalue weighted by Crippen LogP contribution is 2.23. The minimum atomic E-state index is 0.238. The Balaban J connectivity index is 2.27. The number of aryl methyl sites for hydroxylation is 1. The van der Waals surface area contributed by atoms with Crippen LogP contribution >= 0.6 is 0 Å². The van der Waals surface area contributed by atoms with Crippen molar-refractivity contribution < 1.29 is 4.79 Å². The molecule has 1 saturated heterocycles. The number of nitrogens with zero attached hydrogens (tertiary/aromatic N) is 1. The fourth-order valence-electron chi connectivity index (χ4n) is 2.08. The van der Waals surface area contributed by atoms with Gasteiger partial charge in [-0.3, -0.25) is 4.79 Å². The van der Waals surface area contributed by atoms with Gasteiger partial charge in [-0.25, -0.2) is 0 Å². The molecule has 1 amide bonds. The van der Waals surface area contributed by atoms with Gasteiger partial charge in [0.1, 0.15) is 0 Å². The fourth-order valence-corrected chi connectivity index (χ4v) is 2.08. The number of hydrogen-bond acceptors (Lipinski definition) is 2. The highest BCUT2D eigenvalue weighted by atomic mass is 16.2. The van der Waals surface area contributed by atoms with E-state index in [0.29, 0.717) is 6.42 Å². The minimum Gasteiger partial charge on any atom is -0.399 e. The van der Waals surface area contributed by atoms with Gasteiger partial charge in [0.05, 0.1) is 0 Å². The number of benzene rings is 1. The molecular formula is C13H18N2O. The zero-order valence-corrected chi connectivity index (χ0v) is 9.70. The van der Waals surface area contributed by atoms with E-state index in [9.17, 15) is 4.79 Å². The Labute approximate surface area is 96.2 Å². The lowest BCUT2D eigenvalue weighted by Gasteiger charge is -2.21. The highest BCUT2D eigenvalue weighted by Gasteiger charge is 2.18. The Morgan fingerprint density at radius 1 is 1.25 bits per heavy atom. The molecule has 0 spiro atoms. The monoisotopic (exact) mass is 218 g/mol. The van der Waals surface area contributed by atoms with Gasteiger partial charge in [-0.1, -0.05) is 6.42 Å². The van der Waals surface area contributed by atoms with E-state index in [-0.39, 0.29) is 5.91 Å². The average molecular weight is 218 g/mol. The molecule has 1 heterocycles. The predicted molar refractivity (Wildman–Crippen MR) is 66.4 cm³/mol. The summed E-state index contributed by atoms with van der Waals surface area (Å²) in [4.78, 5) is 13.8. The van der Waals surface area contributed by atoms with Crippen molar-refractivity contribution in [2.75, 3.05) is 17.2 Å². The summed E-state index contributed by atoms with van der Waals surface area (Å²) in [7, 11) is 0. The van der Waals surface area contributed by atoms with E-state index in [4.69, 9.17) is 5.73 Å². The maximum atomic E-state index is 11.9. The van der Waals surface area contributed by atoms with E-state index < -0.39 is 0 Å². The number of rotatable bonds is 1. The lowest BCUT2D eigenvalue weighted by Crippen LogP contribution is -2.29. The minimum absolute atomic E-state index is 0.238. The molecule has 1 fully saturated rings. The van der Waals surface area contributed by atoms with E-state index in [0.717, 1.165) is 42.7 Å². The first-order valence-corrected chi connectivity index (χ1v) is 5.85. The molecule has 3 nitrogen and oxygen atoms in total. The number of carbonyl (C=O) groups is 1. The van der Waals surface area contributed by atoms with Gasteiger partial charge in [-0.2, -0.15) is 0 Å². The summed E-state index contributed by atoms with van der Waals surface area (Å²) < 4.78 is 0. The highest BCUT2D eigenvalue weighted by molar-refractivity contribution is 5.93. The topological polar surface area (TPSA) is 46.3 Å². The molecule has 0 atom stereocenters. The molecule has 86 valence electrons. The van der Waals surface area contributed by atoms with Crippen molar-refractivity contribution in [3.8, 4) is 0 Å². The Morgan fingerprint density at radius 3 is 2.81 bits per heavy atom. The maximum absolute atomic E-state index is 11.9. The van der Waals surface area contributed by atoms with Crippen molar-refractivity contribution in [2.24, 2.45) is 0 Å². The first-order chi connectivity index (χ1) is 7.68.